The van der Waals surface area contributed by atoms with Crippen LogP contribution in [0.15, 0.2) is 29.2 Å². The summed E-state index contributed by atoms with van der Waals surface area (Å²) in [6.45, 7) is 0. The van der Waals surface area contributed by atoms with E-state index in [2.05, 4.69) is 0 Å². The molecule has 2 N–H and O–H groups in total. The first kappa shape index (κ1) is 10.4. The second-order valence-corrected chi connectivity index (χ2v) is 3.79. The summed E-state index contributed by atoms with van der Waals surface area (Å²) in [7, 11) is -4.32. The Hall–Kier alpha value is -1.67. The molecule has 7 nitrogen and oxygen atoms in total. The number of hydrogen-bond acceptors (Lipinski definition) is 4. The Bertz CT molecular complexity index is 455. The van der Waals surface area contributed by atoms with E-state index in [0.717, 1.165) is 12.1 Å². The van der Waals surface area contributed by atoms with Crippen molar-refractivity contribution >= 4 is 15.8 Å². The molecule has 0 spiro atoms. The number of benzene rings is 1. The SMILES string of the molecule is O=[N+]([O-])Nc1cccc(S(=O)(=O)O)c1. The van der Waals surface area contributed by atoms with Crippen molar-refractivity contribution in [2.45, 2.75) is 4.90 Å². The van der Waals surface area contributed by atoms with Gasteiger partial charge in [-0.1, -0.05) is 6.07 Å². The van der Waals surface area contributed by atoms with E-state index in [1.54, 1.807) is 5.43 Å². The van der Waals surface area contributed by atoms with Gasteiger partial charge in [0.25, 0.3) is 10.1 Å². The minimum absolute atomic E-state index is 0.0230. The monoisotopic (exact) mass is 218 g/mol. The molecule has 76 valence electrons. The highest BCUT2D eigenvalue weighted by molar-refractivity contribution is 7.85. The van der Waals surface area contributed by atoms with Crippen LogP contribution < -0.4 is 5.43 Å². The normalized spacial score (nSPS) is 10.9. The fourth-order valence-electron chi connectivity index (χ4n) is 0.832. The van der Waals surface area contributed by atoms with Crippen molar-refractivity contribution in [2.24, 2.45) is 0 Å². The van der Waals surface area contributed by atoms with Gasteiger partial charge in [-0.25, -0.2) is 10.1 Å². The first-order chi connectivity index (χ1) is 6.39. The quantitative estimate of drug-likeness (QED) is 0.435. The molecule has 0 radical (unpaired) electrons. The minimum Gasteiger partial charge on any atom is -0.282 e. The smallest absolute Gasteiger partial charge is 0.282 e. The van der Waals surface area contributed by atoms with Crippen LogP contribution in [-0.2, 0) is 10.1 Å². The molecule has 0 heterocycles. The third-order valence-corrected chi connectivity index (χ3v) is 2.20. The molecular weight excluding hydrogens is 212 g/mol. The van der Waals surface area contributed by atoms with Crippen molar-refractivity contribution < 1.29 is 18.0 Å². The van der Waals surface area contributed by atoms with E-state index in [1.807, 2.05) is 0 Å². The summed E-state index contributed by atoms with van der Waals surface area (Å²) in [5, 5.41) is 9.18. The Morgan fingerprint density at radius 3 is 2.57 bits per heavy atom. The maximum absolute atomic E-state index is 10.6. The topological polar surface area (TPSA) is 110 Å². The maximum atomic E-state index is 10.6. The molecule has 1 rings (SSSR count). The van der Waals surface area contributed by atoms with Gasteiger partial charge in [0, 0.05) is 0 Å². The van der Waals surface area contributed by atoms with Gasteiger partial charge >= 0.3 is 0 Å². The van der Waals surface area contributed by atoms with Gasteiger partial charge in [-0.15, -0.1) is 5.43 Å². The van der Waals surface area contributed by atoms with E-state index < -0.39 is 20.0 Å². The third kappa shape index (κ3) is 2.68. The number of nitro groups is 1. The van der Waals surface area contributed by atoms with E-state index in [9.17, 15) is 18.5 Å². The number of nitrogens with zero attached hydrogens (tertiary/aromatic N) is 1. The fourth-order valence-corrected chi connectivity index (χ4v) is 1.36. The second kappa shape index (κ2) is 3.60. The highest BCUT2D eigenvalue weighted by Gasteiger charge is 2.10. The molecule has 0 aliphatic rings. The highest BCUT2D eigenvalue weighted by Crippen LogP contribution is 2.14. The molecule has 0 atom stereocenters. The number of nitrogens with one attached hydrogen (secondary N) is 1. The average Bonchev–Trinajstić information content (AvgIpc) is 2.01. The van der Waals surface area contributed by atoms with Gasteiger partial charge in [-0.05, 0) is 18.2 Å². The molecule has 0 saturated carbocycles. The summed E-state index contributed by atoms with van der Waals surface area (Å²) in [6, 6.07) is 4.66. The summed E-state index contributed by atoms with van der Waals surface area (Å²) >= 11 is 0. The Balaban J connectivity index is 3.08. The minimum atomic E-state index is -4.32. The summed E-state index contributed by atoms with van der Waals surface area (Å²) in [6.07, 6.45) is 0. The van der Waals surface area contributed by atoms with Crippen molar-refractivity contribution in [3.63, 3.8) is 0 Å². The Kier molecular flexibility index (Phi) is 2.68. The predicted molar refractivity (Wildman–Crippen MR) is 46.9 cm³/mol. The summed E-state index contributed by atoms with van der Waals surface area (Å²) in [4.78, 5) is 9.61. The molecule has 0 aliphatic carbocycles. The van der Waals surface area contributed by atoms with Gasteiger partial charge in [-0.2, -0.15) is 8.42 Å². The Morgan fingerprint density at radius 2 is 2.07 bits per heavy atom. The number of hydrazine groups is 1. The number of rotatable bonds is 3. The van der Waals surface area contributed by atoms with Gasteiger partial charge in [-0.3, -0.25) is 4.55 Å². The molecule has 0 aliphatic heterocycles. The van der Waals surface area contributed by atoms with Crippen LogP contribution in [0.1, 0.15) is 0 Å². The molecule has 8 heteroatoms. The van der Waals surface area contributed by atoms with Crippen LogP contribution >= 0.6 is 0 Å². The van der Waals surface area contributed by atoms with Crippen LogP contribution in [0.4, 0.5) is 5.69 Å². The molecule has 1 aromatic rings. The summed E-state index contributed by atoms with van der Waals surface area (Å²) in [5.41, 5.74) is 1.74. The molecule has 0 fully saturated rings. The van der Waals surface area contributed by atoms with Gasteiger partial charge < -0.3 is 0 Å². The Labute approximate surface area is 79.2 Å². The zero-order valence-electron chi connectivity index (χ0n) is 6.75. The summed E-state index contributed by atoms with van der Waals surface area (Å²) < 4.78 is 29.9. The lowest BCUT2D eigenvalue weighted by molar-refractivity contribution is -0.445. The van der Waals surface area contributed by atoms with Crippen molar-refractivity contribution in [3.05, 3.63) is 34.4 Å². The first-order valence-electron chi connectivity index (χ1n) is 3.38. The molecule has 0 amide bonds. The van der Waals surface area contributed by atoms with Gasteiger partial charge in [0.1, 0.15) is 5.69 Å². The number of anilines is 1. The average molecular weight is 218 g/mol. The Morgan fingerprint density at radius 1 is 1.43 bits per heavy atom. The lowest BCUT2D eigenvalue weighted by Gasteiger charge is -1.99. The molecule has 0 bridgehead atoms. The van der Waals surface area contributed by atoms with Crippen molar-refractivity contribution in [1.29, 1.82) is 0 Å². The zero-order chi connectivity index (χ0) is 10.8. The van der Waals surface area contributed by atoms with Gasteiger partial charge in [0.05, 0.1) is 4.90 Å². The second-order valence-electron chi connectivity index (χ2n) is 2.37. The van der Waals surface area contributed by atoms with Crippen LogP contribution in [-0.4, -0.2) is 18.0 Å². The van der Waals surface area contributed by atoms with Crippen LogP contribution in [0.5, 0.6) is 0 Å². The highest BCUT2D eigenvalue weighted by atomic mass is 32.2. The molecular formula is C6H6N2O5S. The van der Waals surface area contributed by atoms with Gasteiger partial charge in [0.15, 0.2) is 5.03 Å². The predicted octanol–water partition coefficient (Wildman–Crippen LogP) is 0.537. The molecule has 1 aromatic carbocycles. The standard InChI is InChI=1S/C6H6N2O5S/c9-8(10)7-5-2-1-3-6(4-5)14(11,12)13/h1-4,7H,(H,11,12,13). The van der Waals surface area contributed by atoms with Crippen molar-refractivity contribution in [1.82, 2.24) is 0 Å². The van der Waals surface area contributed by atoms with Crippen LogP contribution in [0, 0.1) is 10.1 Å². The summed E-state index contributed by atoms with van der Waals surface area (Å²) in [5.74, 6) is 0. The lowest BCUT2D eigenvalue weighted by atomic mass is 10.3. The molecule has 0 saturated heterocycles. The molecule has 0 unspecified atom stereocenters. The van der Waals surface area contributed by atoms with Crippen LogP contribution in [0.2, 0.25) is 0 Å². The van der Waals surface area contributed by atoms with E-state index in [1.165, 1.54) is 12.1 Å². The first-order valence-corrected chi connectivity index (χ1v) is 4.82. The van der Waals surface area contributed by atoms with E-state index in [0.29, 0.717) is 0 Å². The van der Waals surface area contributed by atoms with Crippen molar-refractivity contribution in [2.75, 3.05) is 5.43 Å². The van der Waals surface area contributed by atoms with Crippen molar-refractivity contribution in [3.8, 4) is 0 Å². The van der Waals surface area contributed by atoms with Crippen LogP contribution in [0.3, 0.4) is 0 Å². The number of hydrogen-bond donors (Lipinski definition) is 2. The van der Waals surface area contributed by atoms with E-state index in [-0.39, 0.29) is 5.69 Å². The third-order valence-electron chi connectivity index (χ3n) is 1.35. The lowest BCUT2D eigenvalue weighted by Crippen LogP contribution is -2.08. The maximum Gasteiger partial charge on any atom is 0.294 e. The fraction of sp³-hybridized carbons (Fsp3) is 0. The molecule has 0 aromatic heterocycles. The van der Waals surface area contributed by atoms with E-state index >= 15 is 0 Å². The largest absolute Gasteiger partial charge is 0.294 e. The van der Waals surface area contributed by atoms with E-state index in [4.69, 9.17) is 4.55 Å². The van der Waals surface area contributed by atoms with Crippen LogP contribution in [0.25, 0.3) is 0 Å². The van der Waals surface area contributed by atoms with Gasteiger partial charge in [0.2, 0.25) is 0 Å². The zero-order valence-corrected chi connectivity index (χ0v) is 7.56. The molecule has 14 heavy (non-hydrogen) atoms.